The number of hydrogen-bond acceptors (Lipinski definition) is 5. The molecule has 0 radical (unpaired) electrons. The lowest BCUT2D eigenvalue weighted by Gasteiger charge is -2.34. The first kappa shape index (κ1) is 27.1. The number of carbonyl (C=O) groups is 3. The molecule has 1 fully saturated rings. The minimum atomic E-state index is -1.82. The van der Waals surface area contributed by atoms with Crippen LogP contribution in [0.1, 0.15) is 17.5 Å². The van der Waals surface area contributed by atoms with E-state index in [1.54, 1.807) is 0 Å². The Kier molecular flexibility index (Phi) is 9.81. The van der Waals surface area contributed by atoms with E-state index in [4.69, 9.17) is 31.4 Å². The molecule has 36 heavy (non-hydrogen) atoms. The molecule has 0 saturated carbocycles. The molecule has 0 aliphatic carbocycles. The van der Waals surface area contributed by atoms with Crippen LogP contribution in [-0.4, -0.2) is 70.6 Å². The van der Waals surface area contributed by atoms with Crippen LogP contribution in [0.3, 0.4) is 0 Å². The molecule has 0 atom stereocenters. The van der Waals surface area contributed by atoms with Gasteiger partial charge in [0.2, 0.25) is 5.91 Å². The number of hydrogen-bond donors (Lipinski definition) is 3. The highest BCUT2D eigenvalue weighted by Gasteiger charge is 2.18. The molecule has 0 aromatic heterocycles. The Bertz CT molecular complexity index is 1210. The van der Waals surface area contributed by atoms with Gasteiger partial charge in [0, 0.05) is 56.4 Å². The predicted molar refractivity (Wildman–Crippen MR) is 140 cm³/mol. The van der Waals surface area contributed by atoms with Crippen LogP contribution < -0.4 is 5.32 Å². The van der Waals surface area contributed by atoms with E-state index in [2.05, 4.69) is 57.6 Å². The van der Waals surface area contributed by atoms with Gasteiger partial charge in [-0.2, -0.15) is 0 Å². The van der Waals surface area contributed by atoms with Gasteiger partial charge < -0.3 is 20.4 Å². The summed E-state index contributed by atoms with van der Waals surface area (Å²) in [6.45, 7) is 7.73. The number of nitrogens with zero attached hydrogens (tertiary/aromatic N) is 2. The molecule has 0 spiro atoms. The van der Waals surface area contributed by atoms with Crippen LogP contribution in [0.5, 0.6) is 0 Å². The van der Waals surface area contributed by atoms with Gasteiger partial charge in [-0.1, -0.05) is 60.1 Å². The fourth-order valence-electron chi connectivity index (χ4n) is 4.06. The van der Waals surface area contributed by atoms with Crippen molar-refractivity contribution in [2.45, 2.75) is 19.9 Å². The molecule has 4 rings (SSSR count). The van der Waals surface area contributed by atoms with E-state index in [1.165, 1.54) is 16.3 Å². The largest absolute Gasteiger partial charge is 0.473 e. The normalized spacial score (nSPS) is 14.1. The summed E-state index contributed by atoms with van der Waals surface area (Å²) in [4.78, 5) is 35.4. The SMILES string of the molecule is Cc1c(Cl)cccc1NC(=O)CCN1CCN(Cc2cccc3ccccc23)CC1.O=C(O)C(=O)O. The van der Waals surface area contributed by atoms with E-state index < -0.39 is 11.9 Å². The Labute approximate surface area is 215 Å². The highest BCUT2D eigenvalue weighted by Crippen LogP contribution is 2.23. The summed E-state index contributed by atoms with van der Waals surface area (Å²) in [5, 5.41) is 21.1. The summed E-state index contributed by atoms with van der Waals surface area (Å²) < 4.78 is 0. The molecule has 1 aliphatic rings. The molecule has 3 aromatic carbocycles. The molecule has 1 amide bonds. The van der Waals surface area contributed by atoms with Crippen molar-refractivity contribution < 1.29 is 24.6 Å². The fraction of sp³-hybridized carbons (Fsp3) is 0.296. The van der Waals surface area contributed by atoms with Gasteiger partial charge in [0.05, 0.1) is 0 Å². The summed E-state index contributed by atoms with van der Waals surface area (Å²) in [6, 6.07) is 20.7. The van der Waals surface area contributed by atoms with Crippen LogP contribution in [0.25, 0.3) is 10.8 Å². The number of carboxylic acid groups (broad SMARTS) is 2. The first-order chi connectivity index (χ1) is 17.2. The zero-order chi connectivity index (χ0) is 26.1. The maximum atomic E-state index is 12.4. The van der Waals surface area contributed by atoms with Crippen molar-refractivity contribution in [3.05, 3.63) is 76.8 Å². The van der Waals surface area contributed by atoms with E-state index >= 15 is 0 Å². The summed E-state index contributed by atoms with van der Waals surface area (Å²) in [5.41, 5.74) is 3.10. The minimum absolute atomic E-state index is 0.0403. The Morgan fingerprint density at radius 1 is 0.861 bits per heavy atom. The first-order valence-corrected chi connectivity index (χ1v) is 12.0. The topological polar surface area (TPSA) is 110 Å². The first-order valence-electron chi connectivity index (χ1n) is 11.7. The number of halogens is 1. The number of carboxylic acids is 2. The molecule has 0 unspecified atom stereocenters. The molecular formula is C27H30ClN3O5. The van der Waals surface area contributed by atoms with Gasteiger partial charge in [-0.25, -0.2) is 9.59 Å². The van der Waals surface area contributed by atoms with Crippen molar-refractivity contribution in [1.82, 2.24) is 9.80 Å². The number of rotatable bonds is 6. The van der Waals surface area contributed by atoms with E-state index in [9.17, 15) is 4.79 Å². The Hall–Kier alpha value is -3.46. The van der Waals surface area contributed by atoms with E-state index in [1.807, 2.05) is 25.1 Å². The van der Waals surface area contributed by atoms with Crippen molar-refractivity contribution in [3.8, 4) is 0 Å². The lowest BCUT2D eigenvalue weighted by atomic mass is 10.0. The Morgan fingerprint density at radius 3 is 2.17 bits per heavy atom. The molecule has 3 N–H and O–H groups in total. The van der Waals surface area contributed by atoms with E-state index in [0.29, 0.717) is 11.4 Å². The molecule has 8 nitrogen and oxygen atoms in total. The maximum Gasteiger partial charge on any atom is 0.414 e. The third-order valence-corrected chi connectivity index (χ3v) is 6.53. The van der Waals surface area contributed by atoms with Crippen LogP contribution >= 0.6 is 11.6 Å². The van der Waals surface area contributed by atoms with Crippen LogP contribution in [-0.2, 0) is 20.9 Å². The molecule has 1 heterocycles. The monoisotopic (exact) mass is 511 g/mol. The van der Waals surface area contributed by atoms with Crippen molar-refractivity contribution in [2.75, 3.05) is 38.0 Å². The average molecular weight is 512 g/mol. The average Bonchev–Trinajstić information content (AvgIpc) is 2.87. The van der Waals surface area contributed by atoms with Crippen LogP contribution in [0.4, 0.5) is 5.69 Å². The minimum Gasteiger partial charge on any atom is -0.473 e. The summed E-state index contributed by atoms with van der Waals surface area (Å²) in [7, 11) is 0. The van der Waals surface area contributed by atoms with Gasteiger partial charge in [0.25, 0.3) is 0 Å². The number of piperazine rings is 1. The highest BCUT2D eigenvalue weighted by molar-refractivity contribution is 6.31. The number of nitrogens with one attached hydrogen (secondary N) is 1. The lowest BCUT2D eigenvalue weighted by molar-refractivity contribution is -0.159. The molecule has 0 bridgehead atoms. The van der Waals surface area contributed by atoms with Gasteiger partial charge in [-0.05, 0) is 41.0 Å². The molecule has 190 valence electrons. The quantitative estimate of drug-likeness (QED) is 0.427. The summed E-state index contributed by atoms with van der Waals surface area (Å²) in [6.07, 6.45) is 0.495. The number of benzene rings is 3. The van der Waals surface area contributed by atoms with Crippen molar-refractivity contribution in [3.63, 3.8) is 0 Å². The third-order valence-electron chi connectivity index (χ3n) is 6.12. The number of amides is 1. The second-order valence-electron chi connectivity index (χ2n) is 8.58. The molecule has 1 saturated heterocycles. The van der Waals surface area contributed by atoms with E-state index in [-0.39, 0.29) is 5.91 Å². The van der Waals surface area contributed by atoms with Crippen molar-refractivity contribution in [2.24, 2.45) is 0 Å². The van der Waals surface area contributed by atoms with Crippen molar-refractivity contribution >= 4 is 45.9 Å². The van der Waals surface area contributed by atoms with Crippen LogP contribution in [0.2, 0.25) is 5.02 Å². The second-order valence-corrected chi connectivity index (χ2v) is 8.98. The number of fused-ring (bicyclic) bond motifs is 1. The Balaban J connectivity index is 0.000000538. The lowest BCUT2D eigenvalue weighted by Crippen LogP contribution is -2.46. The Morgan fingerprint density at radius 2 is 1.47 bits per heavy atom. The van der Waals surface area contributed by atoms with E-state index in [0.717, 1.165) is 50.5 Å². The van der Waals surface area contributed by atoms with Gasteiger partial charge in [-0.15, -0.1) is 0 Å². The van der Waals surface area contributed by atoms with Crippen molar-refractivity contribution in [1.29, 1.82) is 0 Å². The number of aliphatic carboxylic acids is 2. The molecule has 9 heteroatoms. The standard InChI is InChI=1S/C25H28ClN3O.C2H2O4/c1-19-23(26)10-5-11-24(19)27-25(30)12-13-28-14-16-29(17-15-28)18-21-8-4-7-20-6-2-3-9-22(20)21;3-1(4)2(5)6/h2-11H,12-18H2,1H3,(H,27,30);(H,3,4)(H,5,6). The number of carbonyl (C=O) groups excluding carboxylic acids is 1. The molecular weight excluding hydrogens is 482 g/mol. The zero-order valence-electron chi connectivity index (χ0n) is 20.1. The van der Waals surface area contributed by atoms with Crippen LogP contribution in [0, 0.1) is 6.92 Å². The predicted octanol–water partition coefficient (Wildman–Crippen LogP) is 4.10. The third kappa shape index (κ3) is 7.78. The maximum absolute atomic E-state index is 12.4. The second kappa shape index (κ2) is 13.0. The zero-order valence-corrected chi connectivity index (χ0v) is 20.9. The fourth-order valence-corrected chi connectivity index (χ4v) is 4.23. The number of anilines is 1. The van der Waals surface area contributed by atoms with Crippen LogP contribution in [0.15, 0.2) is 60.7 Å². The highest BCUT2D eigenvalue weighted by atomic mass is 35.5. The van der Waals surface area contributed by atoms with Gasteiger partial charge in [0.1, 0.15) is 0 Å². The summed E-state index contributed by atoms with van der Waals surface area (Å²) in [5.74, 6) is -3.61. The molecule has 1 aliphatic heterocycles. The van der Waals surface area contributed by atoms with Gasteiger partial charge in [0.15, 0.2) is 0 Å². The molecule has 3 aromatic rings. The van der Waals surface area contributed by atoms with Gasteiger partial charge in [-0.3, -0.25) is 9.69 Å². The van der Waals surface area contributed by atoms with Gasteiger partial charge >= 0.3 is 11.9 Å². The summed E-state index contributed by atoms with van der Waals surface area (Å²) >= 11 is 6.14. The smallest absolute Gasteiger partial charge is 0.414 e.